The molecular weight excluding hydrogens is 336 g/mol. The summed E-state index contributed by atoms with van der Waals surface area (Å²) in [6.45, 7) is 7.94. The molecule has 0 aliphatic carbocycles. The van der Waals surface area contributed by atoms with Crippen molar-refractivity contribution in [1.82, 2.24) is 20.1 Å². The van der Waals surface area contributed by atoms with E-state index in [2.05, 4.69) is 21.3 Å². The fourth-order valence-corrected chi connectivity index (χ4v) is 4.18. The van der Waals surface area contributed by atoms with Crippen molar-refractivity contribution in [2.24, 2.45) is 0 Å². The van der Waals surface area contributed by atoms with Crippen molar-refractivity contribution in [2.75, 3.05) is 31.9 Å². The average molecular weight is 362 g/mol. The maximum Gasteiger partial charge on any atom is 0.246 e. The van der Waals surface area contributed by atoms with E-state index in [1.54, 1.807) is 18.0 Å². The Hall–Kier alpha value is -1.60. The summed E-state index contributed by atoms with van der Waals surface area (Å²) in [5, 5.41) is 2.90. The van der Waals surface area contributed by atoms with Gasteiger partial charge in [-0.25, -0.2) is 0 Å². The number of nitrogens with one attached hydrogen (secondary N) is 1. The minimum atomic E-state index is -0.448. The zero-order chi connectivity index (χ0) is 17.9. The molecule has 1 aromatic rings. The third-order valence-electron chi connectivity index (χ3n) is 4.79. The number of aromatic nitrogens is 1. The van der Waals surface area contributed by atoms with Crippen LogP contribution in [0.4, 0.5) is 0 Å². The number of hydrogen-bond acceptors (Lipinski definition) is 5. The van der Waals surface area contributed by atoms with Crippen LogP contribution in [0, 0.1) is 0 Å². The van der Waals surface area contributed by atoms with Crippen LogP contribution in [0.25, 0.3) is 0 Å². The number of thioether (sulfide) groups is 1. The molecule has 0 saturated carbocycles. The molecule has 0 aromatic carbocycles. The normalized spacial score (nSPS) is 24.5. The van der Waals surface area contributed by atoms with Gasteiger partial charge in [-0.2, -0.15) is 0 Å². The molecule has 0 bridgehead atoms. The quantitative estimate of drug-likeness (QED) is 0.873. The van der Waals surface area contributed by atoms with Crippen molar-refractivity contribution in [3.05, 3.63) is 30.1 Å². The number of carbonyl (C=O) groups is 2. The van der Waals surface area contributed by atoms with Gasteiger partial charge in [0, 0.05) is 50.9 Å². The number of rotatable bonds is 3. The first-order valence-electron chi connectivity index (χ1n) is 8.81. The number of nitrogens with zero attached hydrogens (tertiary/aromatic N) is 3. The maximum atomic E-state index is 12.8. The van der Waals surface area contributed by atoms with Gasteiger partial charge in [0.05, 0.1) is 4.75 Å². The van der Waals surface area contributed by atoms with Crippen LogP contribution in [0.2, 0.25) is 0 Å². The first kappa shape index (κ1) is 18.2. The summed E-state index contributed by atoms with van der Waals surface area (Å²) >= 11 is 1.56. The third-order valence-corrected chi connectivity index (χ3v) is 6.20. The van der Waals surface area contributed by atoms with Gasteiger partial charge in [-0.3, -0.25) is 19.5 Å². The second-order valence-electron chi connectivity index (χ2n) is 7.16. The van der Waals surface area contributed by atoms with Gasteiger partial charge in [0.1, 0.15) is 6.04 Å². The summed E-state index contributed by atoms with van der Waals surface area (Å²) in [4.78, 5) is 33.4. The van der Waals surface area contributed by atoms with Crippen molar-refractivity contribution < 1.29 is 9.59 Å². The molecule has 2 aliphatic heterocycles. The zero-order valence-corrected chi connectivity index (χ0v) is 15.7. The molecule has 25 heavy (non-hydrogen) atoms. The van der Waals surface area contributed by atoms with Crippen LogP contribution in [0.1, 0.15) is 25.8 Å². The van der Waals surface area contributed by atoms with E-state index in [4.69, 9.17) is 0 Å². The van der Waals surface area contributed by atoms with Crippen LogP contribution in [0.15, 0.2) is 24.5 Å². The molecular formula is C18H26N4O2S. The second-order valence-corrected chi connectivity index (χ2v) is 8.81. The lowest BCUT2D eigenvalue weighted by atomic mass is 10.1. The summed E-state index contributed by atoms with van der Waals surface area (Å²) in [7, 11) is 0. The smallest absolute Gasteiger partial charge is 0.246 e. The van der Waals surface area contributed by atoms with E-state index in [0.29, 0.717) is 12.3 Å². The Morgan fingerprint density at radius 1 is 1.36 bits per heavy atom. The summed E-state index contributed by atoms with van der Waals surface area (Å²) in [5.41, 5.74) is 1.19. The fraction of sp³-hybridized carbons (Fsp3) is 0.611. The number of hydrogen-bond donors (Lipinski definition) is 1. The van der Waals surface area contributed by atoms with Crippen LogP contribution in [-0.2, 0) is 16.1 Å². The van der Waals surface area contributed by atoms with E-state index in [9.17, 15) is 9.59 Å². The van der Waals surface area contributed by atoms with Crippen LogP contribution in [-0.4, -0.2) is 69.3 Å². The highest BCUT2D eigenvalue weighted by Gasteiger charge is 2.39. The molecule has 1 aromatic heterocycles. The highest BCUT2D eigenvalue weighted by atomic mass is 32.2. The lowest BCUT2D eigenvalue weighted by Gasteiger charge is -2.35. The molecule has 3 heterocycles. The minimum Gasteiger partial charge on any atom is -0.342 e. The van der Waals surface area contributed by atoms with E-state index in [1.165, 1.54) is 5.56 Å². The summed E-state index contributed by atoms with van der Waals surface area (Å²) < 4.78 is -0.448. The van der Waals surface area contributed by atoms with Crippen molar-refractivity contribution in [3.63, 3.8) is 0 Å². The standard InChI is InChI=1S/C18H26N4O2S/c1-18(2)17(24)20-15(13-25-18)16(23)22-8-4-7-21(9-10-22)12-14-5-3-6-19-11-14/h3,5-6,11,15H,4,7-10,12-13H2,1-2H3,(H,20,24)/t15-/m1/s1. The third kappa shape index (κ3) is 4.52. The molecule has 7 heteroatoms. The molecule has 0 radical (unpaired) electrons. The van der Waals surface area contributed by atoms with Gasteiger partial charge in [-0.1, -0.05) is 6.07 Å². The molecule has 0 spiro atoms. The number of pyridine rings is 1. The largest absolute Gasteiger partial charge is 0.342 e. The lowest BCUT2D eigenvalue weighted by Crippen LogP contribution is -2.58. The molecule has 3 rings (SSSR count). The Morgan fingerprint density at radius 3 is 2.92 bits per heavy atom. The lowest BCUT2D eigenvalue weighted by molar-refractivity contribution is -0.136. The van der Waals surface area contributed by atoms with E-state index >= 15 is 0 Å². The van der Waals surface area contributed by atoms with Gasteiger partial charge in [0.15, 0.2) is 0 Å². The Kier molecular flexibility index (Phi) is 5.64. The molecule has 2 aliphatic rings. The average Bonchev–Trinajstić information content (AvgIpc) is 2.83. The van der Waals surface area contributed by atoms with Gasteiger partial charge < -0.3 is 10.2 Å². The van der Waals surface area contributed by atoms with Gasteiger partial charge in [0.2, 0.25) is 11.8 Å². The Morgan fingerprint density at radius 2 is 2.20 bits per heavy atom. The predicted molar refractivity (Wildman–Crippen MR) is 99.2 cm³/mol. The molecule has 2 saturated heterocycles. The summed E-state index contributed by atoms with van der Waals surface area (Å²) in [6, 6.07) is 3.64. The first-order valence-corrected chi connectivity index (χ1v) is 9.79. The minimum absolute atomic E-state index is 0.0462. The van der Waals surface area contributed by atoms with Gasteiger partial charge >= 0.3 is 0 Å². The molecule has 2 fully saturated rings. The van der Waals surface area contributed by atoms with Crippen molar-refractivity contribution in [2.45, 2.75) is 37.6 Å². The van der Waals surface area contributed by atoms with Crippen LogP contribution < -0.4 is 5.32 Å². The highest BCUT2D eigenvalue weighted by Crippen LogP contribution is 2.29. The molecule has 2 amide bonds. The van der Waals surface area contributed by atoms with Crippen molar-refractivity contribution in [1.29, 1.82) is 0 Å². The highest BCUT2D eigenvalue weighted by molar-refractivity contribution is 8.01. The molecule has 6 nitrogen and oxygen atoms in total. The summed E-state index contributed by atoms with van der Waals surface area (Å²) in [5.74, 6) is 0.655. The summed E-state index contributed by atoms with van der Waals surface area (Å²) in [6.07, 6.45) is 4.62. The predicted octanol–water partition coefficient (Wildman–Crippen LogP) is 1.13. The second kappa shape index (κ2) is 7.74. The maximum absolute atomic E-state index is 12.8. The van der Waals surface area contributed by atoms with Crippen LogP contribution >= 0.6 is 11.8 Å². The van der Waals surface area contributed by atoms with Crippen LogP contribution in [0.3, 0.4) is 0 Å². The van der Waals surface area contributed by atoms with E-state index in [0.717, 1.165) is 32.6 Å². The Balaban J connectivity index is 1.54. The fourth-order valence-electron chi connectivity index (χ4n) is 3.18. The topological polar surface area (TPSA) is 65.5 Å². The number of carbonyl (C=O) groups excluding carboxylic acids is 2. The Labute approximate surface area is 153 Å². The van der Waals surface area contributed by atoms with Crippen LogP contribution in [0.5, 0.6) is 0 Å². The molecule has 1 atom stereocenters. The van der Waals surface area contributed by atoms with Gasteiger partial charge in [-0.05, 0) is 31.9 Å². The first-order chi connectivity index (χ1) is 12.0. The van der Waals surface area contributed by atoms with Crippen molar-refractivity contribution >= 4 is 23.6 Å². The van der Waals surface area contributed by atoms with Gasteiger partial charge in [-0.15, -0.1) is 11.8 Å². The molecule has 136 valence electrons. The van der Waals surface area contributed by atoms with Gasteiger partial charge in [0.25, 0.3) is 0 Å². The Bertz CT molecular complexity index is 623. The van der Waals surface area contributed by atoms with E-state index in [1.807, 2.05) is 31.0 Å². The number of amides is 2. The van der Waals surface area contributed by atoms with E-state index in [-0.39, 0.29) is 11.8 Å². The zero-order valence-electron chi connectivity index (χ0n) is 14.9. The molecule has 1 N–H and O–H groups in total. The van der Waals surface area contributed by atoms with E-state index < -0.39 is 10.8 Å². The molecule has 0 unspecified atom stereocenters. The monoisotopic (exact) mass is 362 g/mol. The van der Waals surface area contributed by atoms with Crippen molar-refractivity contribution in [3.8, 4) is 0 Å². The SMILES string of the molecule is CC1(C)SC[C@H](C(=O)N2CCCN(Cc3cccnc3)CC2)NC1=O.